The number of carbonyl (C=O) groups excluding carboxylic acids is 1. The number of nitrogens with zero attached hydrogens (tertiary/aromatic N) is 3. The van der Waals surface area contributed by atoms with E-state index in [1.165, 1.54) is 0 Å². The highest BCUT2D eigenvalue weighted by molar-refractivity contribution is 5.93. The summed E-state index contributed by atoms with van der Waals surface area (Å²) in [6.45, 7) is 1.92. The Hall–Kier alpha value is -3.42. The molecule has 3 aromatic heterocycles. The van der Waals surface area contributed by atoms with Crippen molar-refractivity contribution in [2.75, 3.05) is 12.8 Å². The van der Waals surface area contributed by atoms with E-state index in [0.717, 1.165) is 11.1 Å². The molecule has 1 amide bonds. The Balaban J connectivity index is 1.58. The van der Waals surface area contributed by atoms with Crippen molar-refractivity contribution < 1.29 is 9.53 Å². The highest BCUT2D eigenvalue weighted by Gasteiger charge is 2.13. The van der Waals surface area contributed by atoms with Crippen LogP contribution >= 0.6 is 0 Å². The van der Waals surface area contributed by atoms with Gasteiger partial charge >= 0.3 is 0 Å². The summed E-state index contributed by atoms with van der Waals surface area (Å²) in [4.78, 5) is 27.6. The molecule has 0 saturated carbocycles. The Morgan fingerprint density at radius 2 is 2.31 bits per heavy atom. The van der Waals surface area contributed by atoms with E-state index in [4.69, 9.17) is 10.5 Å². The number of nitrogens with one attached hydrogen (secondary N) is 2. The predicted octanol–water partition coefficient (Wildman–Crippen LogP) is 2.17. The van der Waals surface area contributed by atoms with Crippen LogP contribution in [0.5, 0.6) is 5.75 Å². The van der Waals surface area contributed by atoms with E-state index in [2.05, 4.69) is 25.3 Å². The second-order valence-electron chi connectivity index (χ2n) is 5.83. The van der Waals surface area contributed by atoms with E-state index in [-0.39, 0.29) is 17.8 Å². The summed E-state index contributed by atoms with van der Waals surface area (Å²) in [6, 6.07) is 5.36. The van der Waals surface area contributed by atoms with Gasteiger partial charge < -0.3 is 20.8 Å². The molecule has 3 rings (SSSR count). The maximum absolute atomic E-state index is 12.3. The fourth-order valence-corrected chi connectivity index (χ4v) is 2.44. The summed E-state index contributed by atoms with van der Waals surface area (Å²) >= 11 is 0. The van der Waals surface area contributed by atoms with Crippen LogP contribution in [0.2, 0.25) is 0 Å². The maximum Gasteiger partial charge on any atom is 0.287 e. The number of anilines is 1. The van der Waals surface area contributed by atoms with Gasteiger partial charge in [0.05, 0.1) is 12.6 Å². The first-order chi connectivity index (χ1) is 12.6. The number of aromatic amines is 1. The first kappa shape index (κ1) is 17.4. The molecule has 0 radical (unpaired) electrons. The van der Waals surface area contributed by atoms with Crippen molar-refractivity contribution in [1.29, 1.82) is 0 Å². The Bertz CT molecular complexity index is 917. The van der Waals surface area contributed by atoms with E-state index in [9.17, 15) is 4.79 Å². The molecule has 8 nitrogen and oxygen atoms in total. The van der Waals surface area contributed by atoms with Crippen molar-refractivity contribution in [1.82, 2.24) is 25.3 Å². The summed E-state index contributed by atoms with van der Waals surface area (Å²) in [5.74, 6) is 0.874. The smallest absolute Gasteiger partial charge is 0.287 e. The number of ether oxygens (including phenoxy) is 1. The molecule has 4 N–H and O–H groups in total. The molecule has 8 heteroatoms. The highest BCUT2D eigenvalue weighted by atomic mass is 16.5. The predicted molar refractivity (Wildman–Crippen MR) is 99.7 cm³/mol. The lowest BCUT2D eigenvalue weighted by Gasteiger charge is -2.10. The summed E-state index contributed by atoms with van der Waals surface area (Å²) in [7, 11) is 1.55. The average molecular weight is 352 g/mol. The van der Waals surface area contributed by atoms with Crippen LogP contribution in [0.25, 0.3) is 17.2 Å². The van der Waals surface area contributed by atoms with Gasteiger partial charge in [0.1, 0.15) is 0 Å². The van der Waals surface area contributed by atoms with Crippen molar-refractivity contribution in [3.63, 3.8) is 0 Å². The normalized spacial score (nSPS) is 12.4. The van der Waals surface area contributed by atoms with Crippen LogP contribution in [0.3, 0.4) is 0 Å². The van der Waals surface area contributed by atoms with Crippen LogP contribution in [0, 0.1) is 0 Å². The number of amides is 1. The van der Waals surface area contributed by atoms with Crippen LogP contribution in [-0.4, -0.2) is 39.0 Å². The van der Waals surface area contributed by atoms with Gasteiger partial charge in [0, 0.05) is 18.4 Å². The number of pyridine rings is 2. The fraction of sp³-hybridized carbons (Fsp3) is 0.222. The Morgan fingerprint density at radius 1 is 1.46 bits per heavy atom. The van der Waals surface area contributed by atoms with E-state index >= 15 is 0 Å². The van der Waals surface area contributed by atoms with Crippen LogP contribution in [0.15, 0.2) is 36.7 Å². The van der Waals surface area contributed by atoms with Gasteiger partial charge in [-0.2, -0.15) is 0 Å². The number of hydrogen-bond donors (Lipinski definition) is 3. The number of nitrogens with two attached hydrogens (primary N) is 1. The van der Waals surface area contributed by atoms with Gasteiger partial charge in [0.2, 0.25) is 0 Å². The minimum absolute atomic E-state index is 0.0662. The monoisotopic (exact) mass is 352 g/mol. The molecule has 0 aliphatic heterocycles. The molecule has 0 unspecified atom stereocenters. The number of methoxy groups -OCH3 is 1. The molecule has 3 heterocycles. The zero-order valence-electron chi connectivity index (χ0n) is 14.6. The van der Waals surface area contributed by atoms with Crippen molar-refractivity contribution in [3.05, 3.63) is 48.1 Å². The Labute approximate surface area is 150 Å². The van der Waals surface area contributed by atoms with Crippen LogP contribution in [0.1, 0.15) is 29.5 Å². The molecular weight excluding hydrogens is 332 g/mol. The molecule has 0 aliphatic carbocycles. The Kier molecular flexibility index (Phi) is 5.12. The van der Waals surface area contributed by atoms with Gasteiger partial charge in [-0.15, -0.1) is 0 Å². The quantitative estimate of drug-likeness (QED) is 0.625. The number of nitrogen functional groups attached to an aromatic ring is 1. The fourth-order valence-electron chi connectivity index (χ4n) is 2.44. The van der Waals surface area contributed by atoms with Crippen molar-refractivity contribution in [2.45, 2.75) is 19.4 Å². The minimum atomic E-state index is -0.264. The summed E-state index contributed by atoms with van der Waals surface area (Å²) in [6.07, 6.45) is 7.82. The zero-order valence-corrected chi connectivity index (χ0v) is 14.6. The molecule has 0 saturated heterocycles. The average Bonchev–Trinajstić information content (AvgIpc) is 3.07. The summed E-state index contributed by atoms with van der Waals surface area (Å²) in [5.41, 5.74) is 7.82. The largest absolute Gasteiger partial charge is 0.493 e. The number of H-pyrrole nitrogens is 1. The molecule has 0 aliphatic rings. The van der Waals surface area contributed by atoms with E-state index < -0.39 is 0 Å². The molecule has 1 atom stereocenters. The van der Waals surface area contributed by atoms with Crippen LogP contribution in [0.4, 0.5) is 5.82 Å². The number of fused-ring (bicyclic) bond motifs is 1. The molecule has 0 bridgehead atoms. The molecule has 0 aromatic carbocycles. The molecular formula is C18H20N6O2. The zero-order chi connectivity index (χ0) is 18.5. The highest BCUT2D eigenvalue weighted by Crippen LogP contribution is 2.20. The van der Waals surface area contributed by atoms with Gasteiger partial charge in [-0.25, -0.2) is 15.0 Å². The standard InChI is InChI=1S/C18H20N6O2/c1-11(5-3-6-12-9-14(26-2)15(19)21-10-12)22-18(25)17-23-13-7-4-8-20-16(13)24-17/h3-4,6-11H,5H2,1-2H3,(H2,19,21)(H,22,25)(H,20,23,24)/b6-3+/t11-/m0/s1. The molecule has 3 aromatic rings. The minimum Gasteiger partial charge on any atom is -0.493 e. The van der Waals surface area contributed by atoms with Crippen LogP contribution in [-0.2, 0) is 0 Å². The topological polar surface area (TPSA) is 119 Å². The second kappa shape index (κ2) is 7.64. The third kappa shape index (κ3) is 3.97. The lowest BCUT2D eigenvalue weighted by molar-refractivity contribution is 0.0931. The molecule has 134 valence electrons. The first-order valence-electron chi connectivity index (χ1n) is 8.14. The number of aromatic nitrogens is 4. The van der Waals surface area contributed by atoms with E-state index in [1.54, 1.807) is 25.6 Å². The number of rotatable bonds is 6. The van der Waals surface area contributed by atoms with Crippen molar-refractivity contribution in [3.8, 4) is 5.75 Å². The van der Waals surface area contributed by atoms with Gasteiger partial charge in [-0.3, -0.25) is 4.79 Å². The number of hydrogen-bond acceptors (Lipinski definition) is 6. The maximum atomic E-state index is 12.3. The van der Waals surface area contributed by atoms with Gasteiger partial charge in [-0.05, 0) is 37.1 Å². The van der Waals surface area contributed by atoms with Gasteiger partial charge in [-0.1, -0.05) is 12.2 Å². The number of imidazole rings is 1. The lowest BCUT2D eigenvalue weighted by Crippen LogP contribution is -2.32. The molecule has 0 spiro atoms. The van der Waals surface area contributed by atoms with Gasteiger partial charge in [0.25, 0.3) is 5.91 Å². The second-order valence-corrected chi connectivity index (χ2v) is 5.83. The van der Waals surface area contributed by atoms with Gasteiger partial charge in [0.15, 0.2) is 23.0 Å². The van der Waals surface area contributed by atoms with E-state index in [0.29, 0.717) is 23.6 Å². The SMILES string of the molecule is COc1cc(/C=C/C[C@H](C)NC(=O)c2nc3ncccc3[nH]2)cnc1N. The van der Waals surface area contributed by atoms with Crippen LogP contribution < -0.4 is 15.8 Å². The summed E-state index contributed by atoms with van der Waals surface area (Å²) < 4.78 is 5.15. The van der Waals surface area contributed by atoms with Crippen molar-refractivity contribution >= 4 is 29.0 Å². The van der Waals surface area contributed by atoms with Crippen molar-refractivity contribution in [2.24, 2.45) is 0 Å². The summed E-state index contributed by atoms with van der Waals surface area (Å²) in [5, 5.41) is 2.90. The first-order valence-corrected chi connectivity index (χ1v) is 8.14. The third-order valence-corrected chi connectivity index (χ3v) is 3.77. The lowest BCUT2D eigenvalue weighted by atomic mass is 10.2. The molecule has 26 heavy (non-hydrogen) atoms. The third-order valence-electron chi connectivity index (χ3n) is 3.77. The number of carbonyl (C=O) groups is 1. The molecule has 0 fully saturated rings. The Morgan fingerprint density at radius 3 is 3.08 bits per heavy atom. The van der Waals surface area contributed by atoms with E-state index in [1.807, 2.05) is 31.2 Å².